The summed E-state index contributed by atoms with van der Waals surface area (Å²) in [5, 5.41) is 1.15. The van der Waals surface area contributed by atoms with E-state index in [1.165, 1.54) is 68.6 Å². The van der Waals surface area contributed by atoms with Gasteiger partial charge in [0.15, 0.2) is 0 Å². The van der Waals surface area contributed by atoms with E-state index in [1.54, 1.807) is 0 Å². The zero-order chi connectivity index (χ0) is 13.9. The highest BCUT2D eigenvalue weighted by Crippen LogP contribution is 2.04. The fraction of sp³-hybridized carbons (Fsp3) is 0.750. The topological polar surface area (TPSA) is 0 Å². The van der Waals surface area contributed by atoms with Gasteiger partial charge in [-0.05, 0) is 43.0 Å². The van der Waals surface area contributed by atoms with Crippen molar-refractivity contribution >= 4 is 38.5 Å². The second-order valence-electron chi connectivity index (χ2n) is 4.36. The molecule has 0 heterocycles. The average Bonchev–Trinajstić information content (AvgIpc) is 2.39. The number of unbranched alkanes of at least 4 members (excludes halogenated alkanes) is 8. The van der Waals surface area contributed by atoms with Crippen LogP contribution in [0.5, 0.6) is 0 Å². The number of rotatable bonds is 12. The van der Waals surface area contributed by atoms with E-state index >= 15 is 0 Å². The van der Waals surface area contributed by atoms with Crippen molar-refractivity contribution in [2.75, 3.05) is 9.76 Å². The van der Waals surface area contributed by atoms with Crippen LogP contribution in [0.25, 0.3) is 0 Å². The zero-order valence-electron chi connectivity index (χ0n) is 11.8. The van der Waals surface area contributed by atoms with Gasteiger partial charge in [-0.3, -0.25) is 0 Å². The smallest absolute Gasteiger partial charge is 0.00313 e. The third-order valence-corrected chi connectivity index (χ3v) is 3.91. The first kappa shape index (κ1) is 21.0. The summed E-state index contributed by atoms with van der Waals surface area (Å²) >= 11 is 5.83. The lowest BCUT2D eigenvalue weighted by Crippen LogP contribution is -1.76. The highest BCUT2D eigenvalue weighted by Gasteiger charge is 1.85. The molecule has 0 aromatic carbocycles. The lowest BCUT2D eigenvalue weighted by Gasteiger charge is -1.93. The van der Waals surface area contributed by atoms with Gasteiger partial charge in [-0.25, -0.2) is 0 Å². The van der Waals surface area contributed by atoms with Crippen molar-refractivity contribution in [3.05, 3.63) is 25.3 Å². The monoisotopic (exact) mass is 428 g/mol. The molecule has 0 unspecified atom stereocenters. The lowest BCUT2D eigenvalue weighted by atomic mass is 10.2. The molecule has 0 fully saturated rings. The number of allylic oxidation sites excluding steroid dienone is 2. The van der Waals surface area contributed by atoms with Crippen LogP contribution in [0.2, 0.25) is 0 Å². The molecule has 108 valence electrons. The van der Waals surface area contributed by atoms with Gasteiger partial charge in [0.25, 0.3) is 0 Å². The summed E-state index contributed by atoms with van der Waals surface area (Å²) in [6.45, 7) is 7.35. The van der Waals surface area contributed by atoms with Crippen LogP contribution in [0.1, 0.15) is 64.2 Å². The number of alkyl halides is 2. The molecular weight excluding hydrogens is 399 g/mol. The second-order valence-corrected chi connectivity index (χ2v) is 6.23. The normalized spacial score (nSPS) is 9.44. The van der Waals surface area contributed by atoms with Crippen LogP contribution in [0, 0.1) is 0 Å². The molecule has 0 amide bonds. The Balaban J connectivity index is 0. The standard InChI is InChI=1S/C8H15Br.C8H15I/c2*1-2-3-4-5-6-7-8-9/h2*2H,1,3-8H2. The van der Waals surface area contributed by atoms with Gasteiger partial charge >= 0.3 is 0 Å². The summed E-state index contributed by atoms with van der Waals surface area (Å²) in [5.41, 5.74) is 0. The SMILES string of the molecule is C=CCCCCCCBr.C=CCCCCCCI. The van der Waals surface area contributed by atoms with E-state index in [1.807, 2.05) is 12.2 Å². The van der Waals surface area contributed by atoms with Crippen LogP contribution in [-0.4, -0.2) is 9.76 Å². The molecular formula is C16H30BrI. The van der Waals surface area contributed by atoms with Gasteiger partial charge in [-0.15, -0.1) is 13.2 Å². The maximum Gasteiger partial charge on any atom is 0.00313 e. The third kappa shape index (κ3) is 25.5. The first-order valence-corrected chi connectivity index (χ1v) is 9.81. The fourth-order valence-electron chi connectivity index (χ4n) is 1.47. The summed E-state index contributed by atoms with van der Waals surface area (Å²) in [7, 11) is 0. The molecule has 0 bridgehead atoms. The molecule has 0 aromatic rings. The minimum atomic E-state index is 1.15. The van der Waals surface area contributed by atoms with E-state index < -0.39 is 0 Å². The van der Waals surface area contributed by atoms with Crippen molar-refractivity contribution < 1.29 is 0 Å². The quantitative estimate of drug-likeness (QED) is 0.135. The molecule has 0 atom stereocenters. The average molecular weight is 429 g/mol. The first-order valence-electron chi connectivity index (χ1n) is 7.17. The molecule has 0 saturated carbocycles. The van der Waals surface area contributed by atoms with Gasteiger partial charge < -0.3 is 0 Å². The van der Waals surface area contributed by atoms with Crippen LogP contribution >= 0.6 is 38.5 Å². The molecule has 0 aliphatic carbocycles. The Labute approximate surface area is 137 Å². The van der Waals surface area contributed by atoms with E-state index in [4.69, 9.17) is 0 Å². The molecule has 2 heteroatoms. The Hall–Kier alpha value is 0.690. The molecule has 0 aromatic heterocycles. The van der Waals surface area contributed by atoms with Crippen LogP contribution in [-0.2, 0) is 0 Å². The van der Waals surface area contributed by atoms with Gasteiger partial charge in [-0.2, -0.15) is 0 Å². The van der Waals surface area contributed by atoms with E-state index in [9.17, 15) is 0 Å². The predicted molar refractivity (Wildman–Crippen MR) is 99.2 cm³/mol. The Bertz CT molecular complexity index is 139. The van der Waals surface area contributed by atoms with E-state index in [2.05, 4.69) is 51.7 Å². The molecule has 0 radical (unpaired) electrons. The number of halogens is 2. The minimum Gasteiger partial charge on any atom is -0.103 e. The Morgan fingerprint density at radius 1 is 0.722 bits per heavy atom. The maximum atomic E-state index is 3.68. The van der Waals surface area contributed by atoms with E-state index in [-0.39, 0.29) is 0 Å². The van der Waals surface area contributed by atoms with Crippen LogP contribution in [0.4, 0.5) is 0 Å². The summed E-state index contributed by atoms with van der Waals surface area (Å²) < 4.78 is 1.31. The van der Waals surface area contributed by atoms with Crippen molar-refractivity contribution in [1.82, 2.24) is 0 Å². The maximum absolute atomic E-state index is 3.68. The summed E-state index contributed by atoms with van der Waals surface area (Å²) in [5.74, 6) is 0. The largest absolute Gasteiger partial charge is 0.103 e. The van der Waals surface area contributed by atoms with Gasteiger partial charge in [0.2, 0.25) is 0 Å². The molecule has 0 aliphatic rings. The molecule has 18 heavy (non-hydrogen) atoms. The highest BCUT2D eigenvalue weighted by atomic mass is 127. The van der Waals surface area contributed by atoms with Crippen molar-refractivity contribution in [2.24, 2.45) is 0 Å². The molecule has 0 N–H and O–H groups in total. The van der Waals surface area contributed by atoms with Crippen molar-refractivity contribution in [2.45, 2.75) is 64.2 Å². The Morgan fingerprint density at radius 3 is 1.56 bits per heavy atom. The fourth-order valence-corrected chi connectivity index (χ4v) is 2.41. The van der Waals surface area contributed by atoms with Gasteiger partial charge in [0, 0.05) is 5.33 Å². The van der Waals surface area contributed by atoms with Crippen molar-refractivity contribution in [3.63, 3.8) is 0 Å². The minimum absolute atomic E-state index is 1.15. The van der Waals surface area contributed by atoms with Crippen molar-refractivity contribution in [1.29, 1.82) is 0 Å². The predicted octanol–water partition coefficient (Wildman–Crippen LogP) is 7.08. The summed E-state index contributed by atoms with van der Waals surface area (Å²) in [4.78, 5) is 0. The van der Waals surface area contributed by atoms with Gasteiger partial charge in [0.05, 0.1) is 0 Å². The first-order chi connectivity index (χ1) is 8.83. The number of hydrogen-bond donors (Lipinski definition) is 0. The van der Waals surface area contributed by atoms with Crippen LogP contribution in [0.3, 0.4) is 0 Å². The van der Waals surface area contributed by atoms with Crippen LogP contribution < -0.4 is 0 Å². The Morgan fingerprint density at radius 2 is 1.17 bits per heavy atom. The molecule has 0 nitrogen and oxygen atoms in total. The molecule has 0 rings (SSSR count). The zero-order valence-corrected chi connectivity index (χ0v) is 15.6. The summed E-state index contributed by atoms with van der Waals surface area (Å²) in [6, 6.07) is 0. The van der Waals surface area contributed by atoms with Crippen LogP contribution in [0.15, 0.2) is 25.3 Å². The van der Waals surface area contributed by atoms with Crippen molar-refractivity contribution in [3.8, 4) is 0 Å². The van der Waals surface area contributed by atoms with Gasteiger partial charge in [0.1, 0.15) is 0 Å². The lowest BCUT2D eigenvalue weighted by molar-refractivity contribution is 0.680. The van der Waals surface area contributed by atoms with E-state index in [0.717, 1.165) is 5.33 Å². The highest BCUT2D eigenvalue weighted by molar-refractivity contribution is 14.1. The third-order valence-electron chi connectivity index (χ3n) is 2.58. The molecule has 0 saturated heterocycles. The number of hydrogen-bond acceptors (Lipinski definition) is 0. The molecule has 0 spiro atoms. The van der Waals surface area contributed by atoms with E-state index in [0.29, 0.717) is 0 Å². The van der Waals surface area contributed by atoms with Gasteiger partial charge in [-0.1, -0.05) is 76.4 Å². The second kappa shape index (κ2) is 22.8. The Kier molecular flexibility index (Phi) is 26.6. The summed E-state index contributed by atoms with van der Waals surface area (Å²) in [6.07, 6.45) is 17.2. The molecule has 0 aliphatic heterocycles.